The van der Waals surface area contributed by atoms with Crippen LogP contribution in [0.5, 0.6) is 0 Å². The van der Waals surface area contributed by atoms with Crippen LogP contribution < -0.4 is 0 Å². The number of benzene rings is 1. The fraction of sp³-hybridized carbons (Fsp3) is 0.750. The summed E-state index contributed by atoms with van der Waals surface area (Å²) in [5.74, 6) is 0. The average molecular weight is 578 g/mol. The van der Waals surface area contributed by atoms with E-state index < -0.39 is 48.4 Å². The molecule has 1 nitrogen and oxygen atoms in total. The van der Waals surface area contributed by atoms with Crippen LogP contribution >= 0.6 is 0 Å². The van der Waals surface area contributed by atoms with Crippen molar-refractivity contribution in [1.29, 1.82) is 5.26 Å². The molecule has 0 unspecified atom stereocenters. The maximum Gasteiger partial charge on any atom is 0.0997 e. The minimum Gasteiger partial charge on any atom is -0.192 e. The van der Waals surface area contributed by atoms with E-state index in [4.69, 9.17) is 0 Å². The Hall–Kier alpha value is 0.0113. The quantitative estimate of drug-likeness (QED) is 0.268. The molecule has 0 saturated heterocycles. The van der Waals surface area contributed by atoms with Gasteiger partial charge in [0.2, 0.25) is 0 Å². The Balaban J connectivity index is 4.44. The molecular formula is C28H59NSi6. The summed E-state index contributed by atoms with van der Waals surface area (Å²) in [5.41, 5.74) is 5.61. The van der Waals surface area contributed by atoms with Crippen LogP contribution in [0.1, 0.15) is 37.7 Å². The summed E-state index contributed by atoms with van der Waals surface area (Å²) in [4.78, 5) is 0. The zero-order valence-corrected chi connectivity index (χ0v) is 32.8. The van der Waals surface area contributed by atoms with Gasteiger partial charge in [0.1, 0.15) is 0 Å². The number of nitrogens with zero attached hydrogens (tertiary/aromatic N) is 1. The molecule has 1 aromatic carbocycles. The van der Waals surface area contributed by atoms with Gasteiger partial charge < -0.3 is 0 Å². The van der Waals surface area contributed by atoms with Crippen LogP contribution in [0.2, 0.25) is 118 Å². The fourth-order valence-corrected chi connectivity index (χ4v) is 46.4. The zero-order chi connectivity index (χ0) is 28.2. The second kappa shape index (κ2) is 10.3. The van der Waals surface area contributed by atoms with Gasteiger partial charge in [0, 0.05) is 48.4 Å². The standard InChI is InChI=1S/C28H59NSi6/c1-30(2,3)26(31(4,5)6)22-19-23(27(32(7,8)9)33(10,11)12)25(21-29)24(20-22)28(34(13,14)15)35(16,17)18/h19-20,26-28H,1-18H3. The zero-order valence-electron chi connectivity index (χ0n) is 26.8. The SMILES string of the molecule is C[Si](C)(C)C(c1cc(C([Si](C)(C)C)[Si](C)(C)C)c(C#N)c(C([Si](C)(C)C)[Si](C)(C)C)c1)[Si](C)(C)C. The third-order valence-electron chi connectivity index (χ3n) is 7.48. The van der Waals surface area contributed by atoms with E-state index in [2.05, 4.69) is 136 Å². The van der Waals surface area contributed by atoms with E-state index in [-0.39, 0.29) is 0 Å². The maximum absolute atomic E-state index is 10.8. The van der Waals surface area contributed by atoms with Crippen molar-refractivity contribution < 1.29 is 0 Å². The minimum absolute atomic E-state index is 0.594. The van der Waals surface area contributed by atoms with Crippen LogP contribution in [0.3, 0.4) is 0 Å². The molecule has 0 aliphatic carbocycles. The first kappa shape index (κ1) is 33.0. The molecule has 7 heteroatoms. The monoisotopic (exact) mass is 577 g/mol. The lowest BCUT2D eigenvalue weighted by Crippen LogP contribution is -2.50. The first-order valence-electron chi connectivity index (χ1n) is 13.7. The summed E-state index contributed by atoms with van der Waals surface area (Å²) in [5, 5.41) is 12.7. The third-order valence-corrected chi connectivity index (χ3v) is 35.4. The molecule has 0 N–H and O–H groups in total. The van der Waals surface area contributed by atoms with Gasteiger partial charge in [-0.05, 0) is 32.2 Å². The largest absolute Gasteiger partial charge is 0.192 e. The number of hydrogen-bond donors (Lipinski definition) is 0. The minimum atomic E-state index is -1.55. The van der Waals surface area contributed by atoms with Crippen molar-refractivity contribution in [2.45, 2.75) is 133 Å². The summed E-state index contributed by atoms with van der Waals surface area (Å²) >= 11 is 0. The topological polar surface area (TPSA) is 23.8 Å². The van der Waals surface area contributed by atoms with Crippen LogP contribution in [0, 0.1) is 11.3 Å². The number of hydrogen-bond acceptors (Lipinski definition) is 1. The van der Waals surface area contributed by atoms with Crippen LogP contribution in [-0.2, 0) is 0 Å². The van der Waals surface area contributed by atoms with Crippen molar-refractivity contribution in [3.05, 3.63) is 34.4 Å². The summed E-state index contributed by atoms with van der Waals surface area (Å²) in [6, 6.07) is 8.08. The molecular weight excluding hydrogens is 519 g/mol. The van der Waals surface area contributed by atoms with E-state index in [1.807, 2.05) is 0 Å². The van der Waals surface area contributed by atoms with Gasteiger partial charge in [-0.25, -0.2) is 0 Å². The normalized spacial score (nSPS) is 14.7. The van der Waals surface area contributed by atoms with Crippen LogP contribution in [0.4, 0.5) is 0 Å². The molecule has 0 atom stereocenters. The molecule has 0 fully saturated rings. The van der Waals surface area contributed by atoms with Gasteiger partial charge in [-0.3, -0.25) is 0 Å². The lowest BCUT2D eigenvalue weighted by Gasteiger charge is -2.45. The van der Waals surface area contributed by atoms with Gasteiger partial charge >= 0.3 is 0 Å². The first-order chi connectivity index (χ1) is 15.1. The highest BCUT2D eigenvalue weighted by atomic mass is 28.4. The van der Waals surface area contributed by atoms with Crippen molar-refractivity contribution >= 4 is 48.4 Å². The highest BCUT2D eigenvalue weighted by molar-refractivity contribution is 6.97. The second-order valence-electron chi connectivity index (χ2n) is 17.7. The predicted molar refractivity (Wildman–Crippen MR) is 179 cm³/mol. The predicted octanol–water partition coefficient (Wildman–Crippen LogP) is 10.1. The van der Waals surface area contributed by atoms with E-state index >= 15 is 0 Å². The molecule has 0 heterocycles. The molecule has 0 aliphatic heterocycles. The van der Waals surface area contributed by atoms with Crippen LogP contribution in [0.25, 0.3) is 0 Å². The molecule has 0 aromatic heterocycles. The Morgan fingerprint density at radius 1 is 0.457 bits per heavy atom. The lowest BCUT2D eigenvalue weighted by atomic mass is 10.00. The molecule has 0 bridgehead atoms. The van der Waals surface area contributed by atoms with Gasteiger partial charge in [-0.1, -0.05) is 130 Å². The van der Waals surface area contributed by atoms with Crippen molar-refractivity contribution in [2.75, 3.05) is 0 Å². The van der Waals surface area contributed by atoms with Gasteiger partial charge in [0.15, 0.2) is 0 Å². The Bertz CT molecular complexity index is 840. The highest BCUT2D eigenvalue weighted by Gasteiger charge is 2.46. The van der Waals surface area contributed by atoms with Gasteiger partial charge in [-0.2, -0.15) is 5.26 Å². The van der Waals surface area contributed by atoms with E-state index in [0.717, 1.165) is 5.56 Å². The van der Waals surface area contributed by atoms with Crippen LogP contribution in [-0.4, -0.2) is 48.4 Å². The smallest absolute Gasteiger partial charge is 0.0997 e. The maximum atomic E-state index is 10.8. The summed E-state index contributed by atoms with van der Waals surface area (Å²) in [6.45, 7) is 46.1. The average Bonchev–Trinajstić information content (AvgIpc) is 2.45. The Labute approximate surface area is 226 Å². The van der Waals surface area contributed by atoms with Gasteiger partial charge in [0.25, 0.3) is 0 Å². The molecule has 0 spiro atoms. The van der Waals surface area contributed by atoms with E-state index in [1.165, 1.54) is 11.1 Å². The molecule has 0 radical (unpaired) electrons. The van der Waals surface area contributed by atoms with E-state index in [0.29, 0.717) is 15.5 Å². The highest BCUT2D eigenvalue weighted by Crippen LogP contribution is 2.46. The molecule has 200 valence electrons. The first-order valence-corrected chi connectivity index (χ1v) is 35.2. The third kappa shape index (κ3) is 8.00. The van der Waals surface area contributed by atoms with E-state index in [9.17, 15) is 5.26 Å². The molecule has 35 heavy (non-hydrogen) atoms. The summed E-state index contributed by atoms with van der Waals surface area (Å²) in [7, 11) is -9.14. The molecule has 0 saturated carbocycles. The Morgan fingerprint density at radius 3 is 0.857 bits per heavy atom. The summed E-state index contributed by atoms with van der Waals surface area (Å²) in [6.07, 6.45) is 0. The van der Waals surface area contributed by atoms with Gasteiger partial charge in [-0.15, -0.1) is 0 Å². The van der Waals surface area contributed by atoms with Crippen molar-refractivity contribution in [2.24, 2.45) is 0 Å². The lowest BCUT2D eigenvalue weighted by molar-refractivity contribution is 1.07. The molecule has 0 aliphatic rings. The Kier molecular flexibility index (Phi) is 9.72. The van der Waals surface area contributed by atoms with Gasteiger partial charge in [0.05, 0.1) is 11.6 Å². The van der Waals surface area contributed by atoms with E-state index in [1.54, 1.807) is 5.56 Å². The molecule has 1 rings (SSSR count). The second-order valence-corrected chi connectivity index (χ2v) is 51.3. The van der Waals surface area contributed by atoms with Crippen molar-refractivity contribution in [1.82, 2.24) is 0 Å². The fourth-order valence-electron chi connectivity index (χ4n) is 8.23. The van der Waals surface area contributed by atoms with Crippen molar-refractivity contribution in [3.63, 3.8) is 0 Å². The Morgan fingerprint density at radius 2 is 0.686 bits per heavy atom. The molecule has 0 amide bonds. The van der Waals surface area contributed by atoms with Crippen LogP contribution in [0.15, 0.2) is 12.1 Å². The van der Waals surface area contributed by atoms with Crippen molar-refractivity contribution in [3.8, 4) is 6.07 Å². The number of nitriles is 1. The summed E-state index contributed by atoms with van der Waals surface area (Å²) < 4.78 is 0. The number of rotatable bonds is 9. The molecule has 1 aromatic rings.